The van der Waals surface area contributed by atoms with E-state index in [9.17, 15) is 9.59 Å². The zero-order valence-electron chi connectivity index (χ0n) is 10.1. The van der Waals surface area contributed by atoms with Crippen LogP contribution in [0.2, 0.25) is 0 Å². The molecule has 0 aliphatic carbocycles. The van der Waals surface area contributed by atoms with Crippen LogP contribution in [0.15, 0.2) is 24.3 Å². The van der Waals surface area contributed by atoms with Gasteiger partial charge in [-0.15, -0.1) is 0 Å². The maximum Gasteiger partial charge on any atom is 0.323 e. The maximum atomic E-state index is 11.3. The van der Waals surface area contributed by atoms with Gasteiger partial charge in [-0.05, 0) is 17.5 Å². The van der Waals surface area contributed by atoms with Crippen LogP contribution in [0.25, 0.3) is 0 Å². The van der Waals surface area contributed by atoms with Crippen LogP contribution in [-0.4, -0.2) is 28.4 Å². The van der Waals surface area contributed by atoms with Gasteiger partial charge in [0, 0.05) is 13.5 Å². The van der Waals surface area contributed by atoms with E-state index >= 15 is 0 Å². The lowest BCUT2D eigenvalue weighted by molar-refractivity contribution is -0.144. The van der Waals surface area contributed by atoms with Gasteiger partial charge >= 0.3 is 5.97 Å². The van der Waals surface area contributed by atoms with Gasteiger partial charge in [0.1, 0.15) is 6.54 Å². The second kappa shape index (κ2) is 6.03. The molecule has 0 heterocycles. The van der Waals surface area contributed by atoms with E-state index in [0.29, 0.717) is 6.54 Å². The molecule has 0 atom stereocenters. The molecule has 1 amide bonds. The van der Waals surface area contributed by atoms with Crippen molar-refractivity contribution in [3.8, 4) is 0 Å². The first-order valence-electron chi connectivity index (χ1n) is 5.58. The summed E-state index contributed by atoms with van der Waals surface area (Å²) >= 11 is 0. The number of aryl methyl sites for hydroxylation is 1. The van der Waals surface area contributed by atoms with Crippen LogP contribution in [0.3, 0.4) is 0 Å². The highest BCUT2D eigenvalue weighted by Crippen LogP contribution is 2.12. The second-order valence-electron chi connectivity index (χ2n) is 3.89. The molecule has 1 N–H and O–H groups in total. The molecule has 92 valence electrons. The fraction of sp³-hybridized carbons (Fsp3) is 0.385. The first kappa shape index (κ1) is 13.2. The molecule has 0 fully saturated rings. The Morgan fingerprint density at radius 1 is 1.24 bits per heavy atom. The van der Waals surface area contributed by atoms with Crippen molar-refractivity contribution in [2.45, 2.75) is 26.8 Å². The fourth-order valence-electron chi connectivity index (χ4n) is 1.70. The number of carbonyl (C=O) groups is 2. The summed E-state index contributed by atoms with van der Waals surface area (Å²) < 4.78 is 0. The Kier molecular flexibility index (Phi) is 4.69. The van der Waals surface area contributed by atoms with Crippen LogP contribution < -0.4 is 0 Å². The molecule has 4 heteroatoms. The van der Waals surface area contributed by atoms with Crippen molar-refractivity contribution in [2.75, 3.05) is 6.54 Å². The van der Waals surface area contributed by atoms with Crippen molar-refractivity contribution in [2.24, 2.45) is 0 Å². The van der Waals surface area contributed by atoms with E-state index < -0.39 is 5.97 Å². The SMILES string of the molecule is CCc1ccccc1CN(CC(=O)O)C(C)=O. The summed E-state index contributed by atoms with van der Waals surface area (Å²) in [6, 6.07) is 7.76. The second-order valence-corrected chi connectivity index (χ2v) is 3.89. The summed E-state index contributed by atoms with van der Waals surface area (Å²) in [4.78, 5) is 23.3. The fourth-order valence-corrected chi connectivity index (χ4v) is 1.70. The Morgan fingerprint density at radius 3 is 2.29 bits per heavy atom. The number of rotatable bonds is 5. The van der Waals surface area contributed by atoms with Gasteiger partial charge in [0.15, 0.2) is 0 Å². The van der Waals surface area contributed by atoms with E-state index in [-0.39, 0.29) is 12.5 Å². The van der Waals surface area contributed by atoms with E-state index in [1.807, 2.05) is 31.2 Å². The van der Waals surface area contributed by atoms with Crippen molar-refractivity contribution in [1.82, 2.24) is 4.90 Å². The summed E-state index contributed by atoms with van der Waals surface area (Å²) in [6.45, 7) is 3.52. The molecule has 0 bridgehead atoms. The molecule has 0 aromatic heterocycles. The number of benzene rings is 1. The van der Waals surface area contributed by atoms with E-state index in [1.165, 1.54) is 11.8 Å². The van der Waals surface area contributed by atoms with Crippen LogP contribution in [0.1, 0.15) is 25.0 Å². The van der Waals surface area contributed by atoms with Crippen molar-refractivity contribution in [3.63, 3.8) is 0 Å². The molecule has 1 aromatic rings. The number of hydrogen-bond acceptors (Lipinski definition) is 2. The van der Waals surface area contributed by atoms with Crippen LogP contribution in [0.5, 0.6) is 0 Å². The molecule has 1 rings (SSSR count). The summed E-state index contributed by atoms with van der Waals surface area (Å²) in [6.07, 6.45) is 0.870. The molecular weight excluding hydrogens is 218 g/mol. The summed E-state index contributed by atoms with van der Waals surface area (Å²) in [7, 11) is 0. The summed E-state index contributed by atoms with van der Waals surface area (Å²) in [5, 5.41) is 8.74. The first-order chi connectivity index (χ1) is 8.04. The normalized spacial score (nSPS) is 10.0. The predicted octanol–water partition coefficient (Wildman–Crippen LogP) is 1.68. The van der Waals surface area contributed by atoms with Gasteiger partial charge in [0.2, 0.25) is 5.91 Å². The summed E-state index contributed by atoms with van der Waals surface area (Å²) in [5.74, 6) is -1.22. The van der Waals surface area contributed by atoms with Crippen molar-refractivity contribution in [1.29, 1.82) is 0 Å². The number of carboxylic acid groups (broad SMARTS) is 1. The lowest BCUT2D eigenvalue weighted by Gasteiger charge is -2.20. The highest BCUT2D eigenvalue weighted by molar-refractivity contribution is 5.79. The quantitative estimate of drug-likeness (QED) is 0.844. The monoisotopic (exact) mass is 235 g/mol. The minimum Gasteiger partial charge on any atom is -0.480 e. The van der Waals surface area contributed by atoms with Crippen LogP contribution >= 0.6 is 0 Å². The number of carbonyl (C=O) groups excluding carboxylic acids is 1. The molecular formula is C13H17NO3. The van der Waals surface area contributed by atoms with Crippen LogP contribution in [0, 0.1) is 0 Å². The van der Waals surface area contributed by atoms with Gasteiger partial charge in [-0.2, -0.15) is 0 Å². The largest absolute Gasteiger partial charge is 0.480 e. The number of amides is 1. The third-order valence-corrected chi connectivity index (χ3v) is 2.63. The molecule has 0 saturated carbocycles. The lowest BCUT2D eigenvalue weighted by atomic mass is 10.0. The number of nitrogens with zero attached hydrogens (tertiary/aromatic N) is 1. The summed E-state index contributed by atoms with van der Waals surface area (Å²) in [5.41, 5.74) is 2.15. The Balaban J connectivity index is 2.85. The molecule has 0 aliphatic heterocycles. The van der Waals surface area contributed by atoms with Crippen molar-refractivity contribution >= 4 is 11.9 Å². The van der Waals surface area contributed by atoms with Gasteiger partial charge in [-0.1, -0.05) is 31.2 Å². The number of hydrogen-bond donors (Lipinski definition) is 1. The topological polar surface area (TPSA) is 57.6 Å². The predicted molar refractivity (Wildman–Crippen MR) is 64.5 cm³/mol. The molecule has 0 saturated heterocycles. The van der Waals surface area contributed by atoms with Crippen LogP contribution in [-0.2, 0) is 22.6 Å². The van der Waals surface area contributed by atoms with Gasteiger partial charge in [0.05, 0.1) is 0 Å². The van der Waals surface area contributed by atoms with Gasteiger partial charge in [-0.25, -0.2) is 0 Å². The third-order valence-electron chi connectivity index (χ3n) is 2.63. The molecule has 17 heavy (non-hydrogen) atoms. The highest BCUT2D eigenvalue weighted by atomic mass is 16.4. The number of carboxylic acids is 1. The molecule has 1 aromatic carbocycles. The zero-order chi connectivity index (χ0) is 12.8. The van der Waals surface area contributed by atoms with Gasteiger partial charge < -0.3 is 10.0 Å². The molecule has 0 unspecified atom stereocenters. The maximum absolute atomic E-state index is 11.3. The average Bonchev–Trinajstić information content (AvgIpc) is 2.28. The molecule has 4 nitrogen and oxygen atoms in total. The van der Waals surface area contributed by atoms with Gasteiger partial charge in [-0.3, -0.25) is 9.59 Å². The van der Waals surface area contributed by atoms with Crippen molar-refractivity contribution < 1.29 is 14.7 Å². The molecule has 0 aliphatic rings. The number of aliphatic carboxylic acids is 1. The standard InChI is InChI=1S/C13H17NO3/c1-3-11-6-4-5-7-12(11)8-14(10(2)15)9-13(16)17/h4-7H,3,8-9H2,1-2H3,(H,16,17). The minimum absolute atomic E-state index is 0.224. The van der Waals surface area contributed by atoms with E-state index in [0.717, 1.165) is 17.5 Å². The van der Waals surface area contributed by atoms with Crippen LogP contribution in [0.4, 0.5) is 0 Å². The van der Waals surface area contributed by atoms with E-state index in [1.54, 1.807) is 0 Å². The van der Waals surface area contributed by atoms with Crippen molar-refractivity contribution in [3.05, 3.63) is 35.4 Å². The third kappa shape index (κ3) is 3.90. The Morgan fingerprint density at radius 2 is 1.82 bits per heavy atom. The van der Waals surface area contributed by atoms with E-state index in [2.05, 4.69) is 0 Å². The highest BCUT2D eigenvalue weighted by Gasteiger charge is 2.14. The Labute approximate surface area is 101 Å². The smallest absolute Gasteiger partial charge is 0.323 e. The minimum atomic E-state index is -0.992. The molecule has 0 radical (unpaired) electrons. The Hall–Kier alpha value is -1.84. The Bertz CT molecular complexity index is 415. The van der Waals surface area contributed by atoms with E-state index in [4.69, 9.17) is 5.11 Å². The lowest BCUT2D eigenvalue weighted by Crippen LogP contribution is -2.33. The average molecular weight is 235 g/mol. The van der Waals surface area contributed by atoms with Gasteiger partial charge in [0.25, 0.3) is 0 Å². The first-order valence-corrected chi connectivity index (χ1v) is 5.58. The molecule has 0 spiro atoms. The zero-order valence-corrected chi connectivity index (χ0v) is 10.1.